The van der Waals surface area contributed by atoms with Gasteiger partial charge in [0.15, 0.2) is 0 Å². The molecular weight excluding hydrogens is 416 g/mol. The van der Waals surface area contributed by atoms with Gasteiger partial charge < -0.3 is 20.4 Å². The van der Waals surface area contributed by atoms with Crippen LogP contribution in [0.3, 0.4) is 0 Å². The molecule has 3 heterocycles. The normalized spacial score (nSPS) is 22.2. The maximum atomic E-state index is 12.9. The third kappa shape index (κ3) is 5.84. The number of nitrogens with zero attached hydrogens (tertiary/aromatic N) is 3. The Kier molecular flexibility index (Phi) is 7.83. The van der Waals surface area contributed by atoms with Gasteiger partial charge in [-0.3, -0.25) is 15.0 Å². The van der Waals surface area contributed by atoms with Crippen molar-refractivity contribution in [3.8, 4) is 0 Å². The summed E-state index contributed by atoms with van der Waals surface area (Å²) in [5, 5.41) is 14.5. The van der Waals surface area contributed by atoms with Crippen LogP contribution in [0.15, 0.2) is 12.1 Å². The summed E-state index contributed by atoms with van der Waals surface area (Å²) in [6.07, 6.45) is 10.9. The number of nitrogens with one attached hydrogen (secondary N) is 3. The van der Waals surface area contributed by atoms with Crippen LogP contribution in [0.25, 0.3) is 0 Å². The van der Waals surface area contributed by atoms with Crippen molar-refractivity contribution >= 4 is 29.2 Å². The summed E-state index contributed by atoms with van der Waals surface area (Å²) < 4.78 is 0. The SMILES string of the molecule is CNc1nc(N2CCCCCC2)ccc1C(=N)C(=O)NC1CCN(CC2CCCC2)C(=O)C1. The van der Waals surface area contributed by atoms with Gasteiger partial charge in [-0.05, 0) is 50.2 Å². The molecule has 1 aromatic rings. The van der Waals surface area contributed by atoms with Crippen LogP contribution in [-0.4, -0.2) is 66.7 Å². The van der Waals surface area contributed by atoms with Gasteiger partial charge in [-0.2, -0.15) is 0 Å². The molecule has 3 aliphatic rings. The quantitative estimate of drug-likeness (QED) is 0.550. The predicted molar refractivity (Wildman–Crippen MR) is 131 cm³/mol. The Bertz CT molecular complexity index is 858. The highest BCUT2D eigenvalue weighted by Crippen LogP contribution is 2.27. The summed E-state index contributed by atoms with van der Waals surface area (Å²) in [5.74, 6) is 1.73. The minimum absolute atomic E-state index is 0.115. The van der Waals surface area contributed by atoms with Crippen LogP contribution < -0.4 is 15.5 Å². The maximum absolute atomic E-state index is 12.9. The van der Waals surface area contributed by atoms with Gasteiger partial charge in [0.05, 0.1) is 0 Å². The number of amides is 2. The smallest absolute Gasteiger partial charge is 0.270 e. The van der Waals surface area contributed by atoms with E-state index in [0.29, 0.717) is 30.3 Å². The number of pyridine rings is 1. The lowest BCUT2D eigenvalue weighted by Gasteiger charge is -2.33. The minimum atomic E-state index is -0.446. The number of rotatable bonds is 7. The number of anilines is 2. The van der Waals surface area contributed by atoms with Crippen molar-refractivity contribution in [2.45, 2.75) is 70.3 Å². The number of hydrogen-bond acceptors (Lipinski definition) is 6. The lowest BCUT2D eigenvalue weighted by atomic mass is 10.0. The number of aromatic nitrogens is 1. The predicted octanol–water partition coefficient (Wildman–Crippen LogP) is 3.17. The third-order valence-corrected chi connectivity index (χ3v) is 7.35. The van der Waals surface area contributed by atoms with Gasteiger partial charge in [-0.25, -0.2) is 4.98 Å². The highest BCUT2D eigenvalue weighted by atomic mass is 16.2. The summed E-state index contributed by atoms with van der Waals surface area (Å²) in [4.78, 5) is 34.4. The molecule has 4 rings (SSSR count). The van der Waals surface area contributed by atoms with E-state index in [-0.39, 0.29) is 17.7 Å². The Labute approximate surface area is 197 Å². The monoisotopic (exact) mass is 454 g/mol. The topological polar surface area (TPSA) is 101 Å². The Morgan fingerprint density at radius 2 is 1.79 bits per heavy atom. The van der Waals surface area contributed by atoms with E-state index in [0.717, 1.165) is 44.7 Å². The molecule has 2 amide bonds. The first-order valence-corrected chi connectivity index (χ1v) is 12.7. The van der Waals surface area contributed by atoms with Crippen LogP contribution >= 0.6 is 0 Å². The van der Waals surface area contributed by atoms with E-state index in [9.17, 15) is 9.59 Å². The van der Waals surface area contributed by atoms with E-state index >= 15 is 0 Å². The third-order valence-electron chi connectivity index (χ3n) is 7.35. The van der Waals surface area contributed by atoms with Crippen molar-refractivity contribution in [2.24, 2.45) is 5.92 Å². The molecule has 3 N–H and O–H groups in total. The highest BCUT2D eigenvalue weighted by molar-refractivity contribution is 6.45. The molecule has 1 aromatic heterocycles. The molecule has 8 nitrogen and oxygen atoms in total. The summed E-state index contributed by atoms with van der Waals surface area (Å²) >= 11 is 0. The van der Waals surface area contributed by atoms with Gasteiger partial charge in [-0.1, -0.05) is 25.7 Å². The fraction of sp³-hybridized carbons (Fsp3) is 0.680. The second-order valence-corrected chi connectivity index (χ2v) is 9.75. The molecule has 33 heavy (non-hydrogen) atoms. The maximum Gasteiger partial charge on any atom is 0.270 e. The number of hydrogen-bond donors (Lipinski definition) is 3. The summed E-state index contributed by atoms with van der Waals surface area (Å²) in [6.45, 7) is 3.51. The summed E-state index contributed by atoms with van der Waals surface area (Å²) in [5.41, 5.74) is 0.369. The Morgan fingerprint density at radius 3 is 2.45 bits per heavy atom. The van der Waals surface area contributed by atoms with Crippen molar-refractivity contribution in [2.75, 3.05) is 43.4 Å². The van der Waals surface area contributed by atoms with E-state index < -0.39 is 5.91 Å². The van der Waals surface area contributed by atoms with Gasteiger partial charge in [0.25, 0.3) is 5.91 Å². The average Bonchev–Trinajstić information content (AvgIpc) is 3.19. The zero-order valence-electron chi connectivity index (χ0n) is 19.9. The first-order chi connectivity index (χ1) is 16.0. The average molecular weight is 455 g/mol. The highest BCUT2D eigenvalue weighted by Gasteiger charge is 2.30. The molecule has 0 aromatic carbocycles. The molecule has 8 heteroatoms. The van der Waals surface area contributed by atoms with Crippen molar-refractivity contribution in [1.82, 2.24) is 15.2 Å². The van der Waals surface area contributed by atoms with Crippen LogP contribution in [0.4, 0.5) is 11.6 Å². The van der Waals surface area contributed by atoms with Crippen molar-refractivity contribution in [1.29, 1.82) is 5.41 Å². The largest absolute Gasteiger partial charge is 0.373 e. The van der Waals surface area contributed by atoms with Crippen molar-refractivity contribution < 1.29 is 9.59 Å². The molecule has 180 valence electrons. The second-order valence-electron chi connectivity index (χ2n) is 9.75. The molecule has 2 saturated heterocycles. The fourth-order valence-corrected chi connectivity index (χ4v) is 5.40. The molecule has 0 bridgehead atoms. The van der Waals surface area contributed by atoms with Crippen LogP contribution in [0.1, 0.15) is 69.8 Å². The van der Waals surface area contributed by atoms with Gasteiger partial charge >= 0.3 is 0 Å². The molecular formula is C25H38N6O2. The molecule has 1 aliphatic carbocycles. The lowest BCUT2D eigenvalue weighted by Crippen LogP contribution is -2.50. The number of piperidine rings is 1. The van der Waals surface area contributed by atoms with E-state index in [2.05, 4.69) is 15.5 Å². The van der Waals surface area contributed by atoms with Gasteiger partial charge in [0, 0.05) is 51.3 Å². The number of likely N-dealkylation sites (tertiary alicyclic amines) is 1. The number of carbonyl (C=O) groups excluding carboxylic acids is 2. The van der Waals surface area contributed by atoms with Crippen LogP contribution in [-0.2, 0) is 9.59 Å². The standard InChI is InChI=1S/C25H38N6O2/c1-27-24-20(10-11-21(29-24)30-13-6-2-3-7-14-30)23(26)25(33)28-19-12-15-31(22(32)16-19)17-18-8-4-5-9-18/h10-11,18-19,26H,2-9,12-17H2,1H3,(H,27,29)(H,28,33). The first kappa shape index (κ1) is 23.5. The zero-order chi connectivity index (χ0) is 23.2. The number of carbonyl (C=O) groups is 2. The molecule has 3 fully saturated rings. The van der Waals surface area contributed by atoms with E-state index in [1.807, 2.05) is 17.0 Å². The minimum Gasteiger partial charge on any atom is -0.373 e. The van der Waals surface area contributed by atoms with E-state index in [1.165, 1.54) is 38.5 Å². The first-order valence-electron chi connectivity index (χ1n) is 12.7. The van der Waals surface area contributed by atoms with E-state index in [4.69, 9.17) is 10.4 Å². The molecule has 1 saturated carbocycles. The fourth-order valence-electron chi connectivity index (χ4n) is 5.40. The lowest BCUT2D eigenvalue weighted by molar-refractivity contribution is -0.135. The Morgan fingerprint density at radius 1 is 1.06 bits per heavy atom. The molecule has 0 radical (unpaired) electrons. The molecule has 1 atom stereocenters. The molecule has 2 aliphatic heterocycles. The van der Waals surface area contributed by atoms with Crippen LogP contribution in [0.5, 0.6) is 0 Å². The van der Waals surface area contributed by atoms with E-state index in [1.54, 1.807) is 7.05 Å². The molecule has 0 spiro atoms. The van der Waals surface area contributed by atoms with Gasteiger partial charge in [-0.15, -0.1) is 0 Å². The van der Waals surface area contributed by atoms with Crippen molar-refractivity contribution in [3.05, 3.63) is 17.7 Å². The van der Waals surface area contributed by atoms with Gasteiger partial charge in [0.1, 0.15) is 17.3 Å². The van der Waals surface area contributed by atoms with Crippen LogP contribution in [0.2, 0.25) is 0 Å². The Balaban J connectivity index is 1.34. The molecule has 1 unspecified atom stereocenters. The van der Waals surface area contributed by atoms with Crippen molar-refractivity contribution in [3.63, 3.8) is 0 Å². The van der Waals surface area contributed by atoms with Gasteiger partial charge in [0.2, 0.25) is 5.91 Å². The zero-order valence-corrected chi connectivity index (χ0v) is 19.9. The van der Waals surface area contributed by atoms with Crippen LogP contribution in [0, 0.1) is 11.3 Å². The summed E-state index contributed by atoms with van der Waals surface area (Å²) in [6, 6.07) is 3.51. The second kappa shape index (κ2) is 11.0. The Hall–Kier alpha value is -2.64. The summed E-state index contributed by atoms with van der Waals surface area (Å²) in [7, 11) is 1.77.